The third-order valence-electron chi connectivity index (χ3n) is 5.54. The Morgan fingerprint density at radius 2 is 2.14 bits per heavy atom. The van der Waals surface area contributed by atoms with E-state index in [2.05, 4.69) is 32.2 Å². The lowest BCUT2D eigenvalue weighted by Crippen LogP contribution is -2.36. The minimum atomic E-state index is -0.299. The predicted octanol–water partition coefficient (Wildman–Crippen LogP) is 4.15. The van der Waals surface area contributed by atoms with Gasteiger partial charge in [0.25, 0.3) is 0 Å². The molecule has 1 unspecified atom stereocenters. The van der Waals surface area contributed by atoms with Crippen molar-refractivity contribution in [1.82, 2.24) is 20.0 Å². The van der Waals surface area contributed by atoms with E-state index in [0.29, 0.717) is 29.6 Å². The number of aromatic amines is 1. The highest BCUT2D eigenvalue weighted by Gasteiger charge is 2.34. The van der Waals surface area contributed by atoms with E-state index in [1.807, 2.05) is 12.1 Å². The molecule has 148 valence electrons. The smallest absolute Gasteiger partial charge is 0.240 e. The van der Waals surface area contributed by atoms with Crippen LogP contribution in [0.3, 0.4) is 0 Å². The number of nitrogens with one attached hydrogen (secondary N) is 1. The summed E-state index contributed by atoms with van der Waals surface area (Å²) in [7, 11) is 1.54. The molecule has 0 aliphatic carbocycles. The van der Waals surface area contributed by atoms with Crippen molar-refractivity contribution in [2.24, 2.45) is 0 Å². The Bertz CT molecular complexity index is 1180. The molecule has 7 heteroatoms. The fourth-order valence-electron chi connectivity index (χ4n) is 4.25. The van der Waals surface area contributed by atoms with E-state index in [-0.39, 0.29) is 11.9 Å². The second-order valence-electron chi connectivity index (χ2n) is 7.31. The van der Waals surface area contributed by atoms with Crippen LogP contribution in [0.1, 0.15) is 34.6 Å². The van der Waals surface area contributed by atoms with Crippen LogP contribution in [0, 0.1) is 12.7 Å². The highest BCUT2D eigenvalue weighted by molar-refractivity contribution is 5.85. The molecule has 0 spiro atoms. The molecule has 29 heavy (non-hydrogen) atoms. The first-order valence-corrected chi connectivity index (χ1v) is 9.60. The summed E-state index contributed by atoms with van der Waals surface area (Å²) < 4.78 is 25.6. The second-order valence-corrected chi connectivity index (χ2v) is 7.31. The summed E-state index contributed by atoms with van der Waals surface area (Å²) in [5.41, 5.74) is 3.90. The number of aryl methyl sites for hydroxylation is 1. The molecule has 2 aromatic carbocycles. The molecule has 0 saturated heterocycles. The van der Waals surface area contributed by atoms with Crippen LogP contribution in [0.2, 0.25) is 0 Å². The quantitative estimate of drug-likeness (QED) is 0.565. The molecule has 0 amide bonds. The van der Waals surface area contributed by atoms with Gasteiger partial charge in [0.2, 0.25) is 5.89 Å². The summed E-state index contributed by atoms with van der Waals surface area (Å²) in [4.78, 5) is 10.0. The molecule has 0 fully saturated rings. The van der Waals surface area contributed by atoms with Gasteiger partial charge in [0, 0.05) is 34.8 Å². The topological polar surface area (TPSA) is 67.2 Å². The number of hydrogen-bond donors (Lipinski definition) is 1. The summed E-state index contributed by atoms with van der Waals surface area (Å²) in [5.74, 6) is 1.32. The lowest BCUT2D eigenvalue weighted by atomic mass is 9.92. The van der Waals surface area contributed by atoms with E-state index in [0.717, 1.165) is 24.2 Å². The van der Waals surface area contributed by atoms with E-state index >= 15 is 4.39 Å². The normalized spacial score (nSPS) is 16.9. The van der Waals surface area contributed by atoms with Crippen LogP contribution in [0.5, 0.6) is 5.75 Å². The standard InChI is InChI=1S/C22H21FN4O2/c1-13-24-20(29-26-13)12-27-10-9-16-15-5-3-4-6-19(15)25-21(16)22(27)17-8-7-14(28-2)11-18(17)23/h3-8,11,22,25H,9-10,12H2,1-2H3. The Kier molecular flexibility index (Phi) is 4.32. The van der Waals surface area contributed by atoms with E-state index in [9.17, 15) is 0 Å². The zero-order valence-corrected chi connectivity index (χ0v) is 16.3. The maximum Gasteiger partial charge on any atom is 0.240 e. The molecule has 0 radical (unpaired) electrons. The molecular weight excluding hydrogens is 371 g/mol. The van der Waals surface area contributed by atoms with Crippen molar-refractivity contribution in [1.29, 1.82) is 0 Å². The molecule has 5 rings (SSSR count). The Balaban J connectivity index is 1.64. The molecular formula is C22H21FN4O2. The zero-order valence-electron chi connectivity index (χ0n) is 16.3. The first-order valence-electron chi connectivity index (χ1n) is 9.60. The van der Waals surface area contributed by atoms with Gasteiger partial charge >= 0.3 is 0 Å². The van der Waals surface area contributed by atoms with Crippen LogP contribution in [0.25, 0.3) is 10.9 Å². The number of ether oxygens (including phenoxy) is 1. The second kappa shape index (κ2) is 7.00. The molecule has 4 aromatic rings. The van der Waals surface area contributed by atoms with Gasteiger partial charge in [-0.05, 0) is 31.0 Å². The van der Waals surface area contributed by atoms with Gasteiger partial charge in [0.1, 0.15) is 11.6 Å². The largest absolute Gasteiger partial charge is 0.497 e. The Hall–Kier alpha value is -3.19. The van der Waals surface area contributed by atoms with Crippen molar-refractivity contribution in [3.63, 3.8) is 0 Å². The fraction of sp³-hybridized carbons (Fsp3) is 0.273. The van der Waals surface area contributed by atoms with Crippen molar-refractivity contribution >= 4 is 10.9 Å². The third-order valence-corrected chi connectivity index (χ3v) is 5.54. The Morgan fingerprint density at radius 3 is 2.90 bits per heavy atom. The van der Waals surface area contributed by atoms with Crippen LogP contribution in [-0.4, -0.2) is 33.7 Å². The van der Waals surface area contributed by atoms with Gasteiger partial charge in [-0.2, -0.15) is 4.98 Å². The number of nitrogens with zero attached hydrogens (tertiary/aromatic N) is 3. The number of methoxy groups -OCH3 is 1. The third kappa shape index (κ3) is 3.07. The first kappa shape index (κ1) is 17.9. The van der Waals surface area contributed by atoms with Crippen LogP contribution in [0.4, 0.5) is 4.39 Å². The number of hydrogen-bond acceptors (Lipinski definition) is 5. The van der Waals surface area contributed by atoms with Gasteiger partial charge in [-0.25, -0.2) is 4.39 Å². The minimum absolute atomic E-state index is 0.288. The van der Waals surface area contributed by atoms with E-state index < -0.39 is 0 Å². The molecule has 3 heterocycles. The summed E-state index contributed by atoms with van der Waals surface area (Å²) >= 11 is 0. The molecule has 1 aliphatic rings. The molecule has 2 aromatic heterocycles. The Labute approximate surface area is 167 Å². The maximum atomic E-state index is 15.1. The lowest BCUT2D eigenvalue weighted by Gasteiger charge is -2.35. The van der Waals surface area contributed by atoms with Gasteiger partial charge in [-0.1, -0.05) is 29.4 Å². The first-order chi connectivity index (χ1) is 14.1. The molecule has 6 nitrogen and oxygen atoms in total. The maximum absolute atomic E-state index is 15.1. The predicted molar refractivity (Wildman–Crippen MR) is 106 cm³/mol. The summed E-state index contributed by atoms with van der Waals surface area (Å²) in [6, 6.07) is 12.9. The van der Waals surface area contributed by atoms with Crippen LogP contribution in [0.15, 0.2) is 47.0 Å². The summed E-state index contributed by atoms with van der Waals surface area (Å²) in [6.07, 6.45) is 0.862. The number of benzene rings is 2. The summed E-state index contributed by atoms with van der Waals surface area (Å²) in [6.45, 7) is 3.00. The SMILES string of the molecule is COc1ccc(C2c3[nH]c4ccccc4c3CCN2Cc2nc(C)no2)c(F)c1. The lowest BCUT2D eigenvalue weighted by molar-refractivity contribution is 0.173. The van der Waals surface area contributed by atoms with Crippen molar-refractivity contribution in [3.8, 4) is 5.75 Å². The number of rotatable bonds is 4. The fourth-order valence-corrected chi connectivity index (χ4v) is 4.25. The number of para-hydroxylation sites is 1. The molecule has 0 bridgehead atoms. The van der Waals surface area contributed by atoms with Crippen LogP contribution >= 0.6 is 0 Å². The number of aromatic nitrogens is 3. The van der Waals surface area contributed by atoms with Crippen molar-refractivity contribution in [2.75, 3.05) is 13.7 Å². The number of fused-ring (bicyclic) bond motifs is 3. The van der Waals surface area contributed by atoms with E-state index in [4.69, 9.17) is 9.26 Å². The van der Waals surface area contributed by atoms with Crippen molar-refractivity contribution < 1.29 is 13.7 Å². The zero-order chi connectivity index (χ0) is 20.0. The number of halogens is 1. The molecule has 1 N–H and O–H groups in total. The number of H-pyrrole nitrogens is 1. The molecule has 1 aliphatic heterocycles. The van der Waals surface area contributed by atoms with Crippen molar-refractivity contribution in [3.05, 3.63) is 76.8 Å². The van der Waals surface area contributed by atoms with Gasteiger partial charge in [-0.15, -0.1) is 0 Å². The molecule has 1 atom stereocenters. The highest BCUT2D eigenvalue weighted by Crippen LogP contribution is 2.40. The van der Waals surface area contributed by atoms with Gasteiger partial charge < -0.3 is 14.2 Å². The van der Waals surface area contributed by atoms with Crippen LogP contribution < -0.4 is 4.74 Å². The van der Waals surface area contributed by atoms with E-state index in [1.165, 1.54) is 24.1 Å². The average molecular weight is 392 g/mol. The highest BCUT2D eigenvalue weighted by atomic mass is 19.1. The van der Waals surface area contributed by atoms with Gasteiger partial charge in [0.15, 0.2) is 5.82 Å². The average Bonchev–Trinajstić information content (AvgIpc) is 3.31. The summed E-state index contributed by atoms with van der Waals surface area (Å²) in [5, 5.41) is 5.08. The van der Waals surface area contributed by atoms with Gasteiger partial charge in [-0.3, -0.25) is 4.90 Å². The Morgan fingerprint density at radius 1 is 1.28 bits per heavy atom. The van der Waals surface area contributed by atoms with Crippen molar-refractivity contribution in [2.45, 2.75) is 25.9 Å². The van der Waals surface area contributed by atoms with Gasteiger partial charge in [0.05, 0.1) is 19.7 Å². The van der Waals surface area contributed by atoms with Crippen LogP contribution in [-0.2, 0) is 13.0 Å². The molecule has 0 saturated carbocycles. The minimum Gasteiger partial charge on any atom is -0.497 e. The monoisotopic (exact) mass is 392 g/mol. The van der Waals surface area contributed by atoms with E-state index in [1.54, 1.807) is 19.1 Å².